The summed E-state index contributed by atoms with van der Waals surface area (Å²) in [5, 5.41) is 18.5. The first-order valence-corrected chi connectivity index (χ1v) is 9.38. The van der Waals surface area contributed by atoms with Crippen LogP contribution >= 0.6 is 15.2 Å². The Balaban J connectivity index is 2.74. The number of phenols is 2. The van der Waals surface area contributed by atoms with Gasteiger partial charge < -0.3 is 29.8 Å². The summed E-state index contributed by atoms with van der Waals surface area (Å²) in [6.07, 6.45) is -1.36. The second-order valence-corrected chi connectivity index (χ2v) is 7.80. The van der Waals surface area contributed by atoms with Gasteiger partial charge in [-0.1, -0.05) is 6.07 Å². The van der Waals surface area contributed by atoms with Crippen molar-refractivity contribution in [1.82, 2.24) is 4.90 Å². The highest BCUT2D eigenvalue weighted by Crippen LogP contribution is 2.40. The van der Waals surface area contributed by atoms with Gasteiger partial charge in [0.25, 0.3) is 0 Å². The number of nitrogens with zero attached hydrogens (tertiary/aromatic N) is 1. The number of hydrogen-bond acceptors (Lipinski definition) is 5. The van der Waals surface area contributed by atoms with Crippen LogP contribution in [0.4, 0.5) is 0 Å². The van der Waals surface area contributed by atoms with E-state index in [9.17, 15) is 14.2 Å². The fraction of sp³-hybridized carbons (Fsp3) is 0.400. The van der Waals surface area contributed by atoms with Crippen LogP contribution in [0.1, 0.15) is 5.56 Å². The van der Waals surface area contributed by atoms with E-state index in [1.54, 1.807) is 0 Å². The molecule has 0 aromatic heterocycles. The minimum absolute atomic E-state index is 0.0273. The standard InChI is InChI=1S/C10H17NO8P2/c12-9-2-1-8(5-10(9)13)3-4-11(6-20(14,15)16)7-21(17,18)19/h1-2,5,12-13H,3-4,6-7H2,(H2,14,15,16)(H2,17,18,19). The summed E-state index contributed by atoms with van der Waals surface area (Å²) >= 11 is 0. The molecule has 0 atom stereocenters. The molecule has 0 radical (unpaired) electrons. The Morgan fingerprint density at radius 3 is 1.86 bits per heavy atom. The Morgan fingerprint density at radius 2 is 1.43 bits per heavy atom. The number of aromatic hydroxyl groups is 2. The first kappa shape index (κ1) is 18.1. The molecule has 0 aliphatic heterocycles. The van der Waals surface area contributed by atoms with E-state index in [4.69, 9.17) is 24.7 Å². The Morgan fingerprint density at radius 1 is 0.905 bits per heavy atom. The summed E-state index contributed by atoms with van der Waals surface area (Å²) in [5.41, 5.74) is 0.548. The average molecular weight is 341 g/mol. The molecule has 0 aliphatic carbocycles. The number of hydrogen-bond donors (Lipinski definition) is 6. The fourth-order valence-corrected chi connectivity index (χ4v) is 3.40. The predicted octanol–water partition coefficient (Wildman–Crippen LogP) is 0.213. The number of phenolic OH excluding ortho intramolecular Hbond substituents is 2. The second kappa shape index (κ2) is 6.89. The van der Waals surface area contributed by atoms with Crippen LogP contribution in [-0.2, 0) is 15.6 Å². The zero-order chi connectivity index (χ0) is 16.3. The second-order valence-electron chi connectivity index (χ2n) is 4.58. The summed E-state index contributed by atoms with van der Waals surface area (Å²) in [7, 11) is -8.91. The lowest BCUT2D eigenvalue weighted by atomic mass is 10.1. The molecular formula is C10H17NO8P2. The molecule has 0 aliphatic rings. The average Bonchev–Trinajstić information content (AvgIpc) is 2.26. The molecule has 1 aromatic rings. The van der Waals surface area contributed by atoms with Crippen molar-refractivity contribution in [3.63, 3.8) is 0 Å². The van der Waals surface area contributed by atoms with Crippen LogP contribution in [0.15, 0.2) is 18.2 Å². The van der Waals surface area contributed by atoms with Crippen molar-refractivity contribution < 1.29 is 38.9 Å². The molecule has 11 heteroatoms. The van der Waals surface area contributed by atoms with E-state index >= 15 is 0 Å². The minimum Gasteiger partial charge on any atom is -0.504 e. The molecule has 0 heterocycles. The zero-order valence-electron chi connectivity index (χ0n) is 10.9. The Hall–Kier alpha value is -0.920. The van der Waals surface area contributed by atoms with Crippen LogP contribution in [0.2, 0.25) is 0 Å². The summed E-state index contributed by atoms with van der Waals surface area (Å²) in [6.45, 7) is -0.0273. The van der Waals surface area contributed by atoms with Gasteiger partial charge in [-0.15, -0.1) is 0 Å². The molecule has 0 spiro atoms. The van der Waals surface area contributed by atoms with Gasteiger partial charge >= 0.3 is 15.2 Å². The maximum Gasteiger partial charge on any atom is 0.339 e. The smallest absolute Gasteiger partial charge is 0.339 e. The third kappa shape index (κ3) is 7.59. The van der Waals surface area contributed by atoms with Crippen LogP contribution < -0.4 is 0 Å². The topological polar surface area (TPSA) is 159 Å². The van der Waals surface area contributed by atoms with Crippen LogP contribution in [0.25, 0.3) is 0 Å². The van der Waals surface area contributed by atoms with Crippen molar-refractivity contribution in [3.8, 4) is 11.5 Å². The monoisotopic (exact) mass is 341 g/mol. The molecule has 0 amide bonds. The Bertz CT molecular complexity index is 556. The van der Waals surface area contributed by atoms with Gasteiger partial charge in [0.2, 0.25) is 0 Å². The van der Waals surface area contributed by atoms with E-state index in [-0.39, 0.29) is 24.5 Å². The van der Waals surface area contributed by atoms with Gasteiger partial charge in [0.15, 0.2) is 11.5 Å². The lowest BCUT2D eigenvalue weighted by molar-refractivity contribution is 0.279. The van der Waals surface area contributed by atoms with Crippen molar-refractivity contribution in [2.75, 3.05) is 19.1 Å². The molecule has 120 valence electrons. The summed E-state index contributed by atoms with van der Waals surface area (Å²) < 4.78 is 21.9. The summed E-state index contributed by atoms with van der Waals surface area (Å²) in [6, 6.07) is 4.01. The maximum atomic E-state index is 11.0. The number of rotatable bonds is 7. The van der Waals surface area contributed by atoms with Crippen LogP contribution in [0.5, 0.6) is 11.5 Å². The third-order valence-electron chi connectivity index (χ3n) is 2.52. The summed E-state index contributed by atoms with van der Waals surface area (Å²) in [4.78, 5) is 36.6. The van der Waals surface area contributed by atoms with Crippen LogP contribution in [-0.4, -0.2) is 53.8 Å². The Labute approximate surface area is 120 Å². The van der Waals surface area contributed by atoms with Gasteiger partial charge in [-0.3, -0.25) is 14.0 Å². The van der Waals surface area contributed by atoms with Gasteiger partial charge in [-0.2, -0.15) is 0 Å². The predicted molar refractivity (Wildman–Crippen MR) is 74.0 cm³/mol. The van der Waals surface area contributed by atoms with E-state index in [0.717, 1.165) is 4.90 Å². The quantitative estimate of drug-likeness (QED) is 0.301. The SMILES string of the molecule is O=P(O)(O)CN(CCc1ccc(O)c(O)c1)CP(=O)(O)O. The molecule has 1 aromatic carbocycles. The molecule has 0 unspecified atom stereocenters. The van der Waals surface area contributed by atoms with Crippen molar-refractivity contribution in [2.45, 2.75) is 6.42 Å². The molecule has 6 N–H and O–H groups in total. The minimum atomic E-state index is -4.45. The molecule has 0 fully saturated rings. The maximum absolute atomic E-state index is 11.0. The first-order valence-electron chi connectivity index (χ1n) is 5.79. The molecule has 21 heavy (non-hydrogen) atoms. The summed E-state index contributed by atoms with van der Waals surface area (Å²) in [5.74, 6) is -0.648. The first-order chi connectivity index (χ1) is 9.46. The van der Waals surface area contributed by atoms with E-state index in [1.165, 1.54) is 18.2 Å². The lowest BCUT2D eigenvalue weighted by Gasteiger charge is -2.22. The molecule has 0 saturated carbocycles. The van der Waals surface area contributed by atoms with Crippen molar-refractivity contribution in [2.24, 2.45) is 0 Å². The van der Waals surface area contributed by atoms with Gasteiger partial charge in [-0.05, 0) is 24.1 Å². The molecule has 0 bridgehead atoms. The molecule has 9 nitrogen and oxygen atoms in total. The number of benzene rings is 1. The molecule has 0 saturated heterocycles. The highest BCUT2D eigenvalue weighted by molar-refractivity contribution is 7.52. The largest absolute Gasteiger partial charge is 0.504 e. The van der Waals surface area contributed by atoms with Crippen molar-refractivity contribution in [1.29, 1.82) is 0 Å². The fourth-order valence-electron chi connectivity index (χ4n) is 1.72. The molecule has 1 rings (SSSR count). The van der Waals surface area contributed by atoms with Crippen LogP contribution in [0, 0.1) is 0 Å². The van der Waals surface area contributed by atoms with Crippen molar-refractivity contribution >= 4 is 15.2 Å². The van der Waals surface area contributed by atoms with Gasteiger partial charge in [0.05, 0.1) is 0 Å². The van der Waals surface area contributed by atoms with Crippen molar-refractivity contribution in [3.05, 3.63) is 23.8 Å². The van der Waals surface area contributed by atoms with Crippen LogP contribution in [0.3, 0.4) is 0 Å². The van der Waals surface area contributed by atoms with E-state index in [2.05, 4.69) is 0 Å². The van der Waals surface area contributed by atoms with Gasteiger partial charge in [0, 0.05) is 6.54 Å². The molecular weight excluding hydrogens is 324 g/mol. The highest BCUT2D eigenvalue weighted by Gasteiger charge is 2.25. The van der Waals surface area contributed by atoms with E-state index < -0.39 is 27.8 Å². The normalized spacial score (nSPS) is 12.8. The highest BCUT2D eigenvalue weighted by atomic mass is 31.2. The zero-order valence-corrected chi connectivity index (χ0v) is 12.7. The third-order valence-corrected chi connectivity index (χ3v) is 4.06. The van der Waals surface area contributed by atoms with Gasteiger partial charge in [-0.25, -0.2) is 0 Å². The van der Waals surface area contributed by atoms with E-state index in [1.807, 2.05) is 0 Å². The Kier molecular flexibility index (Phi) is 5.95. The lowest BCUT2D eigenvalue weighted by Crippen LogP contribution is -2.28. The van der Waals surface area contributed by atoms with Gasteiger partial charge in [0.1, 0.15) is 12.6 Å². The van der Waals surface area contributed by atoms with E-state index in [0.29, 0.717) is 5.56 Å².